The van der Waals surface area contributed by atoms with E-state index < -0.39 is 0 Å². The molecule has 0 saturated carbocycles. The minimum absolute atomic E-state index is 0.713. The zero-order chi connectivity index (χ0) is 33.7. The molecule has 0 aliphatic heterocycles. The van der Waals surface area contributed by atoms with E-state index in [1.54, 1.807) is 0 Å². The molecular weight excluding hydrogens is 609 g/mol. The van der Waals surface area contributed by atoms with Gasteiger partial charge in [0.1, 0.15) is 0 Å². The van der Waals surface area contributed by atoms with Crippen molar-refractivity contribution in [3.63, 3.8) is 0 Å². The van der Waals surface area contributed by atoms with Crippen molar-refractivity contribution >= 4 is 0 Å². The van der Waals surface area contributed by atoms with Gasteiger partial charge < -0.3 is 0 Å². The topological polar surface area (TPSA) is 51.6 Å². The molecule has 0 bridgehead atoms. The molecule has 0 atom stereocenters. The maximum absolute atomic E-state index is 5.13. The molecular formula is C46H34N4. The maximum atomic E-state index is 5.13. The van der Waals surface area contributed by atoms with Crippen LogP contribution in [0.1, 0.15) is 16.7 Å². The van der Waals surface area contributed by atoms with Crippen LogP contribution >= 0.6 is 0 Å². The Morgan fingerprint density at radius 2 is 0.960 bits per heavy atom. The molecule has 0 saturated heterocycles. The smallest absolute Gasteiger partial charge is 0.160 e. The third-order valence-electron chi connectivity index (χ3n) is 8.93. The van der Waals surface area contributed by atoms with E-state index in [1.807, 2.05) is 72.9 Å². The van der Waals surface area contributed by atoms with Gasteiger partial charge >= 0.3 is 0 Å². The largest absolute Gasteiger partial charge is 0.236 e. The summed E-state index contributed by atoms with van der Waals surface area (Å²) < 4.78 is 0. The number of nitrogens with zero attached hydrogens (tertiary/aromatic N) is 4. The molecule has 0 aliphatic carbocycles. The maximum Gasteiger partial charge on any atom is 0.160 e. The van der Waals surface area contributed by atoms with Gasteiger partial charge in [0.05, 0.1) is 17.1 Å². The molecule has 50 heavy (non-hydrogen) atoms. The molecule has 4 heteroatoms. The molecule has 2 aromatic heterocycles. The molecule has 238 valence electrons. The van der Waals surface area contributed by atoms with Gasteiger partial charge in [0.15, 0.2) is 11.6 Å². The standard InChI is InChI=1S/C46H34N4/c1-32-21-25-36(26-22-32)43-30-42(35-13-5-2-6-14-35)48-46(49-43)40-20-12-11-19-39(40)29-33-23-27-34(28-24-33)41-31-47-45(38-17-9-4-10-18-38)50-44(41)37-15-7-3-8-16-37/h2-28,30-31H,29H2,1H3. The summed E-state index contributed by atoms with van der Waals surface area (Å²) in [5.41, 5.74) is 13.6. The zero-order valence-corrected chi connectivity index (χ0v) is 27.7. The van der Waals surface area contributed by atoms with Gasteiger partial charge in [0.2, 0.25) is 0 Å². The molecule has 2 heterocycles. The highest BCUT2D eigenvalue weighted by atomic mass is 14.9. The third-order valence-corrected chi connectivity index (χ3v) is 8.93. The first-order chi connectivity index (χ1) is 24.7. The molecule has 8 rings (SSSR count). The van der Waals surface area contributed by atoms with Crippen LogP contribution in [0.3, 0.4) is 0 Å². The Morgan fingerprint density at radius 3 is 1.62 bits per heavy atom. The minimum atomic E-state index is 0.713. The number of aryl methyl sites for hydroxylation is 1. The highest BCUT2D eigenvalue weighted by Crippen LogP contribution is 2.34. The Kier molecular flexibility index (Phi) is 8.57. The van der Waals surface area contributed by atoms with Crippen LogP contribution in [0.25, 0.3) is 67.7 Å². The number of aromatic nitrogens is 4. The number of hydrogen-bond donors (Lipinski definition) is 0. The predicted octanol–water partition coefficient (Wildman–Crippen LogP) is 11.2. The van der Waals surface area contributed by atoms with Crippen LogP contribution in [0.4, 0.5) is 0 Å². The van der Waals surface area contributed by atoms with Gasteiger partial charge in [-0.05, 0) is 36.1 Å². The second-order valence-corrected chi connectivity index (χ2v) is 12.4. The summed E-state index contributed by atoms with van der Waals surface area (Å²) in [7, 11) is 0. The van der Waals surface area contributed by atoms with Crippen LogP contribution in [-0.4, -0.2) is 19.9 Å². The van der Waals surface area contributed by atoms with Crippen LogP contribution in [0.5, 0.6) is 0 Å². The minimum Gasteiger partial charge on any atom is -0.236 e. The van der Waals surface area contributed by atoms with E-state index in [9.17, 15) is 0 Å². The van der Waals surface area contributed by atoms with Gasteiger partial charge in [-0.1, -0.05) is 169 Å². The zero-order valence-electron chi connectivity index (χ0n) is 27.7. The van der Waals surface area contributed by atoms with Gasteiger partial charge in [0, 0.05) is 39.6 Å². The van der Waals surface area contributed by atoms with Crippen molar-refractivity contribution < 1.29 is 0 Å². The van der Waals surface area contributed by atoms with Crippen molar-refractivity contribution in [1.29, 1.82) is 0 Å². The summed E-state index contributed by atoms with van der Waals surface area (Å²) in [6.07, 6.45) is 2.69. The molecule has 8 aromatic rings. The Balaban J connectivity index is 1.14. The van der Waals surface area contributed by atoms with Gasteiger partial charge in [-0.2, -0.15) is 0 Å². The number of benzene rings is 6. The normalized spacial score (nSPS) is 11.0. The first kappa shape index (κ1) is 30.8. The van der Waals surface area contributed by atoms with Gasteiger partial charge in [-0.3, -0.25) is 0 Å². The van der Waals surface area contributed by atoms with E-state index in [0.29, 0.717) is 5.82 Å². The van der Waals surface area contributed by atoms with Crippen LogP contribution < -0.4 is 0 Å². The third kappa shape index (κ3) is 6.60. The number of hydrogen-bond acceptors (Lipinski definition) is 4. The lowest BCUT2D eigenvalue weighted by molar-refractivity contribution is 1.14. The lowest BCUT2D eigenvalue weighted by Gasteiger charge is -2.14. The first-order valence-electron chi connectivity index (χ1n) is 16.8. The van der Waals surface area contributed by atoms with Crippen molar-refractivity contribution in [2.75, 3.05) is 0 Å². The molecule has 0 radical (unpaired) electrons. The highest BCUT2D eigenvalue weighted by molar-refractivity contribution is 5.81. The average Bonchev–Trinajstić information content (AvgIpc) is 3.19. The summed E-state index contributed by atoms with van der Waals surface area (Å²) in [5.74, 6) is 1.43. The Labute approximate surface area is 292 Å². The highest BCUT2D eigenvalue weighted by Gasteiger charge is 2.16. The molecule has 0 aliphatic rings. The lowest BCUT2D eigenvalue weighted by Crippen LogP contribution is -1.99. The molecule has 4 nitrogen and oxygen atoms in total. The SMILES string of the molecule is Cc1ccc(-c2cc(-c3ccccc3)nc(-c3ccccc3Cc3ccc(-c4cnc(-c5ccccc5)nc4-c4ccccc4)cc3)n2)cc1. The molecule has 0 amide bonds. The Morgan fingerprint density at radius 1 is 0.420 bits per heavy atom. The molecule has 0 N–H and O–H groups in total. The van der Waals surface area contributed by atoms with Crippen molar-refractivity contribution in [3.8, 4) is 67.7 Å². The molecule has 0 spiro atoms. The van der Waals surface area contributed by atoms with Gasteiger partial charge in [-0.25, -0.2) is 19.9 Å². The second kappa shape index (κ2) is 13.9. The molecule has 6 aromatic carbocycles. The van der Waals surface area contributed by atoms with Crippen LogP contribution in [0, 0.1) is 6.92 Å². The Hall–Kier alpha value is -6.52. The summed E-state index contributed by atoms with van der Waals surface area (Å²) in [5, 5.41) is 0. The van der Waals surface area contributed by atoms with Gasteiger partial charge in [0.25, 0.3) is 0 Å². The summed E-state index contributed by atoms with van der Waals surface area (Å²) in [6, 6.07) is 58.6. The van der Waals surface area contributed by atoms with Crippen molar-refractivity contribution in [2.24, 2.45) is 0 Å². The summed E-state index contributed by atoms with van der Waals surface area (Å²) in [6.45, 7) is 2.10. The van der Waals surface area contributed by atoms with E-state index >= 15 is 0 Å². The van der Waals surface area contributed by atoms with E-state index in [1.165, 1.54) is 16.7 Å². The van der Waals surface area contributed by atoms with E-state index in [0.717, 1.165) is 68.3 Å². The average molecular weight is 643 g/mol. The van der Waals surface area contributed by atoms with Crippen LogP contribution in [-0.2, 0) is 6.42 Å². The summed E-state index contributed by atoms with van der Waals surface area (Å²) >= 11 is 0. The number of rotatable bonds is 8. The monoisotopic (exact) mass is 642 g/mol. The predicted molar refractivity (Wildman–Crippen MR) is 204 cm³/mol. The fourth-order valence-corrected chi connectivity index (χ4v) is 6.25. The fraction of sp³-hybridized carbons (Fsp3) is 0.0435. The van der Waals surface area contributed by atoms with E-state index in [2.05, 4.69) is 110 Å². The van der Waals surface area contributed by atoms with Crippen molar-refractivity contribution in [3.05, 3.63) is 193 Å². The second-order valence-electron chi connectivity index (χ2n) is 12.4. The fourth-order valence-electron chi connectivity index (χ4n) is 6.25. The van der Waals surface area contributed by atoms with Gasteiger partial charge in [-0.15, -0.1) is 0 Å². The molecule has 0 unspecified atom stereocenters. The lowest BCUT2D eigenvalue weighted by atomic mass is 9.96. The molecule has 0 fully saturated rings. The quantitative estimate of drug-likeness (QED) is 0.165. The van der Waals surface area contributed by atoms with Crippen LogP contribution in [0.15, 0.2) is 176 Å². The Bertz CT molecular complexity index is 2370. The first-order valence-corrected chi connectivity index (χ1v) is 16.8. The van der Waals surface area contributed by atoms with E-state index in [-0.39, 0.29) is 0 Å². The van der Waals surface area contributed by atoms with Crippen molar-refractivity contribution in [1.82, 2.24) is 19.9 Å². The van der Waals surface area contributed by atoms with E-state index in [4.69, 9.17) is 19.9 Å². The van der Waals surface area contributed by atoms with Crippen molar-refractivity contribution in [2.45, 2.75) is 13.3 Å². The summed E-state index contributed by atoms with van der Waals surface area (Å²) in [4.78, 5) is 20.1. The van der Waals surface area contributed by atoms with Crippen LogP contribution in [0.2, 0.25) is 0 Å².